The number of rotatable bonds is 0. The average Bonchev–Trinajstić information content (AvgIpc) is 1.85. The molecule has 0 aliphatic carbocycles. The summed E-state index contributed by atoms with van der Waals surface area (Å²) in [4.78, 5) is 3.25. The second-order valence-electron chi connectivity index (χ2n) is 2.03. The van der Waals surface area contributed by atoms with Gasteiger partial charge in [0.2, 0.25) is 0 Å². The molecule has 0 aliphatic rings. The molecule has 0 spiro atoms. The minimum atomic E-state index is 1.32. The molecule has 0 saturated carbocycles. The van der Waals surface area contributed by atoms with Crippen molar-refractivity contribution in [2.75, 3.05) is 0 Å². The zero-order valence-electron chi connectivity index (χ0n) is 5.45. The molecule has 0 saturated heterocycles. The Morgan fingerprint density at radius 2 is 1.88 bits per heavy atom. The van der Waals surface area contributed by atoms with Crippen LogP contribution in [0.4, 0.5) is 0 Å². The van der Waals surface area contributed by atoms with E-state index in [-0.39, 0.29) is 0 Å². The van der Waals surface area contributed by atoms with Crippen LogP contribution in [0.1, 0.15) is 16.4 Å². The maximum atomic E-state index is 3.25. The largest absolute Gasteiger partial charge is 0.358 e. The summed E-state index contributed by atoms with van der Waals surface area (Å²) in [6.45, 7) is 6.38. The Morgan fingerprint density at radius 3 is 2.00 bits per heavy atom. The van der Waals surface area contributed by atoms with Crippen molar-refractivity contribution in [2.24, 2.45) is 0 Å². The Labute approximate surface area is 51.2 Å². The highest BCUT2D eigenvalue weighted by Crippen LogP contribution is 2.20. The maximum absolute atomic E-state index is 3.25. The smallest absolute Gasteiger partial charge is 0.0397 e. The van der Waals surface area contributed by atoms with Crippen LogP contribution in [-0.4, -0.2) is 4.98 Å². The van der Waals surface area contributed by atoms with Crippen LogP contribution in [0.15, 0.2) is 0 Å². The van der Waals surface area contributed by atoms with E-state index in [1.807, 2.05) is 0 Å². The van der Waals surface area contributed by atoms with Gasteiger partial charge in [-0.3, -0.25) is 0 Å². The highest BCUT2D eigenvalue weighted by atomic mass is 31.0. The van der Waals surface area contributed by atoms with E-state index in [9.17, 15) is 0 Å². The van der Waals surface area contributed by atoms with Gasteiger partial charge in [0.1, 0.15) is 0 Å². The van der Waals surface area contributed by atoms with Gasteiger partial charge in [0.25, 0.3) is 0 Å². The van der Waals surface area contributed by atoms with Crippen LogP contribution < -0.4 is 0 Å². The molecule has 0 aliphatic heterocycles. The fraction of sp³-hybridized carbons (Fsp3) is 0.500. The third-order valence-corrected chi connectivity index (χ3v) is 2.36. The lowest BCUT2D eigenvalue weighted by molar-refractivity contribution is 1.18. The van der Waals surface area contributed by atoms with Gasteiger partial charge in [-0.2, -0.15) is 0 Å². The number of aryl methyl sites for hydroxylation is 3. The summed E-state index contributed by atoms with van der Waals surface area (Å²) in [7, 11) is 1.37. The summed E-state index contributed by atoms with van der Waals surface area (Å²) >= 11 is 0. The molecule has 0 bridgehead atoms. The van der Waals surface area contributed by atoms with Crippen molar-refractivity contribution >= 4 is 8.19 Å². The Hall–Kier alpha value is -0.290. The first-order valence-corrected chi connectivity index (χ1v) is 3.59. The lowest BCUT2D eigenvalue weighted by atomic mass is 10.4. The predicted molar refractivity (Wildman–Crippen MR) is 37.5 cm³/mol. The Bertz CT molecular complexity index is 171. The molecule has 2 heteroatoms. The van der Waals surface area contributed by atoms with Gasteiger partial charge in [0.05, 0.1) is 0 Å². The van der Waals surface area contributed by atoms with Crippen molar-refractivity contribution in [3.63, 3.8) is 0 Å². The van der Waals surface area contributed by atoms with Crippen LogP contribution in [-0.2, 0) is 0 Å². The molecule has 0 radical (unpaired) electrons. The molecule has 1 N–H and O–H groups in total. The zero-order chi connectivity index (χ0) is 6.15. The summed E-state index contributed by atoms with van der Waals surface area (Å²) in [5.41, 5.74) is 2.67. The topological polar surface area (TPSA) is 15.8 Å². The molecule has 1 nitrogen and oxygen atoms in total. The number of aromatic amines is 1. The van der Waals surface area contributed by atoms with Crippen molar-refractivity contribution in [3.8, 4) is 0 Å². The number of aromatic nitrogens is 1. The SMILES string of the molecule is Cc1[nH]c(C)c(C)p1. The third kappa shape index (κ3) is 0.924. The Balaban J connectivity index is 3.14. The molecule has 0 amide bonds. The van der Waals surface area contributed by atoms with E-state index in [0.717, 1.165) is 0 Å². The Morgan fingerprint density at radius 1 is 1.25 bits per heavy atom. The first kappa shape index (κ1) is 5.84. The molecule has 1 aromatic rings. The average molecular weight is 127 g/mol. The molecule has 1 rings (SSSR count). The monoisotopic (exact) mass is 127 g/mol. The molecule has 1 aromatic heterocycles. The molecule has 0 atom stereocenters. The van der Waals surface area contributed by atoms with Gasteiger partial charge in [-0.05, 0) is 34.3 Å². The molecular weight excluding hydrogens is 117 g/mol. The summed E-state index contributed by atoms with van der Waals surface area (Å²) in [5.74, 6) is 0. The van der Waals surface area contributed by atoms with Crippen molar-refractivity contribution < 1.29 is 0 Å². The zero-order valence-corrected chi connectivity index (χ0v) is 6.34. The van der Waals surface area contributed by atoms with Gasteiger partial charge < -0.3 is 4.98 Å². The summed E-state index contributed by atoms with van der Waals surface area (Å²) in [6, 6.07) is 0. The molecule has 1 heterocycles. The first-order chi connectivity index (χ1) is 3.70. The highest BCUT2D eigenvalue weighted by molar-refractivity contribution is 7.31. The van der Waals surface area contributed by atoms with E-state index in [1.165, 1.54) is 24.6 Å². The summed E-state index contributed by atoms with van der Waals surface area (Å²) in [6.07, 6.45) is 0. The number of H-pyrrole nitrogens is 1. The second kappa shape index (κ2) is 1.91. The minimum Gasteiger partial charge on any atom is -0.358 e. The lowest BCUT2D eigenvalue weighted by Gasteiger charge is -1.81. The van der Waals surface area contributed by atoms with E-state index in [2.05, 4.69) is 25.8 Å². The van der Waals surface area contributed by atoms with Crippen LogP contribution in [0.5, 0.6) is 0 Å². The van der Waals surface area contributed by atoms with E-state index in [0.29, 0.717) is 0 Å². The second-order valence-corrected chi connectivity index (χ2v) is 3.60. The number of hydrogen-bond donors (Lipinski definition) is 1. The van der Waals surface area contributed by atoms with Crippen LogP contribution in [0, 0.1) is 20.8 Å². The molecule has 0 fully saturated rings. The summed E-state index contributed by atoms with van der Waals surface area (Å²) < 4.78 is 0. The van der Waals surface area contributed by atoms with Crippen LogP contribution >= 0.6 is 8.19 Å². The molecule has 44 valence electrons. The molecule has 0 aromatic carbocycles. The van der Waals surface area contributed by atoms with Crippen molar-refractivity contribution in [3.05, 3.63) is 16.4 Å². The fourth-order valence-corrected chi connectivity index (χ4v) is 1.68. The van der Waals surface area contributed by atoms with Crippen molar-refractivity contribution in [1.29, 1.82) is 0 Å². The van der Waals surface area contributed by atoms with Gasteiger partial charge in [0.15, 0.2) is 0 Å². The summed E-state index contributed by atoms with van der Waals surface area (Å²) in [5, 5.41) is 1.45. The first-order valence-electron chi connectivity index (χ1n) is 2.70. The molecule has 0 unspecified atom stereocenters. The van der Waals surface area contributed by atoms with Gasteiger partial charge in [-0.25, -0.2) is 0 Å². The quantitative estimate of drug-likeness (QED) is 0.551. The lowest BCUT2D eigenvalue weighted by Crippen LogP contribution is -1.71. The standard InChI is InChI=1S/C6H10NP/c1-4-5(2)8-6(3)7-4/h7H,1-3H3. The highest BCUT2D eigenvalue weighted by Gasteiger charge is 1.93. The normalized spacial score (nSPS) is 10.9. The van der Waals surface area contributed by atoms with E-state index in [1.54, 1.807) is 0 Å². The number of hydrogen-bond acceptors (Lipinski definition) is 0. The van der Waals surface area contributed by atoms with Crippen LogP contribution in [0.2, 0.25) is 0 Å². The number of nitrogens with one attached hydrogen (secondary N) is 1. The van der Waals surface area contributed by atoms with Crippen molar-refractivity contribution in [2.45, 2.75) is 20.8 Å². The van der Waals surface area contributed by atoms with Gasteiger partial charge in [0, 0.05) is 11.1 Å². The maximum Gasteiger partial charge on any atom is 0.0397 e. The third-order valence-electron chi connectivity index (χ3n) is 1.25. The van der Waals surface area contributed by atoms with E-state index >= 15 is 0 Å². The molecular formula is C6H10NP. The molecule has 8 heavy (non-hydrogen) atoms. The predicted octanol–water partition coefficient (Wildman–Crippen LogP) is 2.52. The van der Waals surface area contributed by atoms with Crippen molar-refractivity contribution in [1.82, 2.24) is 4.98 Å². The van der Waals surface area contributed by atoms with Gasteiger partial charge in [-0.15, -0.1) is 0 Å². The van der Waals surface area contributed by atoms with Gasteiger partial charge in [-0.1, -0.05) is 0 Å². The van der Waals surface area contributed by atoms with Gasteiger partial charge >= 0.3 is 0 Å². The van der Waals surface area contributed by atoms with E-state index in [4.69, 9.17) is 0 Å². The van der Waals surface area contributed by atoms with Crippen LogP contribution in [0.25, 0.3) is 0 Å². The minimum absolute atomic E-state index is 1.32. The Kier molecular flexibility index (Phi) is 1.39. The fourth-order valence-electron chi connectivity index (χ4n) is 0.725. The van der Waals surface area contributed by atoms with E-state index < -0.39 is 0 Å². The van der Waals surface area contributed by atoms with Crippen LogP contribution in [0.3, 0.4) is 0 Å².